The Balaban J connectivity index is 1.71. The number of benzene rings is 3. The van der Waals surface area contributed by atoms with Gasteiger partial charge in [0.1, 0.15) is 17.0 Å². The number of amides is 3. The van der Waals surface area contributed by atoms with E-state index in [9.17, 15) is 18.8 Å². The zero-order valence-corrected chi connectivity index (χ0v) is 25.1. The van der Waals surface area contributed by atoms with Crippen LogP contribution in [0.1, 0.15) is 47.7 Å². The van der Waals surface area contributed by atoms with Crippen LogP contribution in [0.4, 0.5) is 20.2 Å². The third-order valence-corrected chi connectivity index (χ3v) is 8.79. The quantitative estimate of drug-likeness (QED) is 0.259. The zero-order valence-electron chi connectivity index (χ0n) is 23.6. The van der Waals surface area contributed by atoms with Crippen molar-refractivity contribution in [1.82, 2.24) is 5.32 Å². The first-order valence-electron chi connectivity index (χ1n) is 13.5. The van der Waals surface area contributed by atoms with E-state index in [4.69, 9.17) is 33.7 Å². The van der Waals surface area contributed by atoms with Gasteiger partial charge < -0.3 is 26.4 Å². The number of ether oxygens (including phenoxy) is 1. The van der Waals surface area contributed by atoms with Crippen LogP contribution in [0.3, 0.4) is 0 Å². The van der Waals surface area contributed by atoms with Crippen molar-refractivity contribution in [3.8, 4) is 5.75 Å². The minimum atomic E-state index is -1.56. The van der Waals surface area contributed by atoms with Crippen LogP contribution in [0.5, 0.6) is 5.75 Å². The standard InChI is InChI=1S/C31H30Cl2F2N4O4/c1-30(2,14-34)13-23-31(18-9-8-16(32)12-21(18)38-29(31)42)24(17-5-4-6-19(33)25(17)35)26(39-23)28(41)37-20-10-7-15(27(36)40)11-22(20)43-3/h4-12,23-24,26,39H,13-14H2,1-3H3,(H2,36,40)(H,37,41)(H,38,42)/t23?,24-,26+,31+/m0/s1. The van der Waals surface area contributed by atoms with Crippen LogP contribution in [0.2, 0.25) is 10.0 Å². The van der Waals surface area contributed by atoms with Gasteiger partial charge in [0, 0.05) is 28.2 Å². The lowest BCUT2D eigenvalue weighted by Crippen LogP contribution is -2.50. The summed E-state index contributed by atoms with van der Waals surface area (Å²) in [5.41, 5.74) is 4.26. The third kappa shape index (κ3) is 5.21. The molecule has 2 aliphatic rings. The average molecular weight is 632 g/mol. The Kier molecular flexibility index (Phi) is 8.15. The fraction of sp³-hybridized carbons (Fsp3) is 0.323. The summed E-state index contributed by atoms with van der Waals surface area (Å²) in [7, 11) is 1.36. The highest BCUT2D eigenvalue weighted by Gasteiger charge is 2.66. The Morgan fingerprint density at radius 2 is 1.88 bits per heavy atom. The molecule has 8 nitrogen and oxygen atoms in total. The molecular formula is C31H30Cl2F2N4O4. The van der Waals surface area contributed by atoms with E-state index in [1.54, 1.807) is 38.1 Å². The van der Waals surface area contributed by atoms with Gasteiger partial charge >= 0.3 is 0 Å². The molecule has 1 spiro atoms. The molecule has 3 amide bonds. The van der Waals surface area contributed by atoms with Gasteiger partial charge in [-0.1, -0.05) is 55.2 Å². The minimum absolute atomic E-state index is 0.0368. The predicted octanol–water partition coefficient (Wildman–Crippen LogP) is 5.58. The van der Waals surface area contributed by atoms with Gasteiger partial charge in [-0.05, 0) is 59.4 Å². The highest BCUT2D eigenvalue weighted by Crippen LogP contribution is 2.57. The largest absolute Gasteiger partial charge is 0.495 e. The number of methoxy groups -OCH3 is 1. The van der Waals surface area contributed by atoms with Crippen LogP contribution in [-0.2, 0) is 15.0 Å². The number of carbonyl (C=O) groups is 3. The lowest BCUT2D eigenvalue weighted by atomic mass is 9.62. The SMILES string of the molecule is COc1cc(C(N)=O)ccc1NC(=O)[C@@H]1NC(CC(C)(C)CF)[C@@]2(C(=O)Nc3cc(Cl)ccc32)[C@H]1c1cccc(Cl)c1F. The number of fused-ring (bicyclic) bond motifs is 2. The van der Waals surface area contributed by atoms with Crippen molar-refractivity contribution >= 4 is 52.3 Å². The van der Waals surface area contributed by atoms with E-state index < -0.39 is 59.0 Å². The Labute approximate surface area is 257 Å². The summed E-state index contributed by atoms with van der Waals surface area (Å²) in [6.45, 7) is 2.73. The van der Waals surface area contributed by atoms with Crippen molar-refractivity contribution in [2.24, 2.45) is 11.1 Å². The van der Waals surface area contributed by atoms with E-state index in [1.807, 2.05) is 0 Å². The fourth-order valence-corrected chi connectivity index (χ4v) is 6.66. The molecule has 1 saturated heterocycles. The molecule has 1 unspecified atom stereocenters. The smallest absolute Gasteiger partial charge is 0.248 e. The van der Waals surface area contributed by atoms with Gasteiger partial charge in [-0.3, -0.25) is 18.8 Å². The molecule has 5 N–H and O–H groups in total. The predicted molar refractivity (Wildman–Crippen MR) is 161 cm³/mol. The highest BCUT2D eigenvalue weighted by molar-refractivity contribution is 6.31. The van der Waals surface area contributed by atoms with Crippen LogP contribution in [0.25, 0.3) is 0 Å². The maximum Gasteiger partial charge on any atom is 0.248 e. The van der Waals surface area contributed by atoms with E-state index in [0.717, 1.165) is 0 Å². The number of nitrogens with two attached hydrogens (primary N) is 1. The van der Waals surface area contributed by atoms with E-state index in [1.165, 1.54) is 37.4 Å². The van der Waals surface area contributed by atoms with Crippen molar-refractivity contribution in [1.29, 1.82) is 0 Å². The molecule has 2 heterocycles. The molecule has 0 radical (unpaired) electrons. The lowest BCUT2D eigenvalue weighted by Gasteiger charge is -2.38. The summed E-state index contributed by atoms with van der Waals surface area (Å²) in [4.78, 5) is 40.1. The molecule has 43 heavy (non-hydrogen) atoms. The van der Waals surface area contributed by atoms with Crippen molar-refractivity contribution in [3.05, 3.63) is 87.2 Å². The van der Waals surface area contributed by atoms with E-state index in [-0.39, 0.29) is 34.0 Å². The molecular weight excluding hydrogens is 601 g/mol. The molecule has 0 aromatic heterocycles. The maximum absolute atomic E-state index is 15.9. The summed E-state index contributed by atoms with van der Waals surface area (Å²) < 4.78 is 35.5. The summed E-state index contributed by atoms with van der Waals surface area (Å²) in [5, 5.41) is 9.14. The summed E-state index contributed by atoms with van der Waals surface area (Å²) in [6.07, 6.45) is 0.123. The first-order chi connectivity index (χ1) is 20.3. The molecule has 3 aromatic carbocycles. The number of primary amides is 1. The number of carbonyl (C=O) groups excluding carboxylic acids is 3. The van der Waals surface area contributed by atoms with E-state index in [0.29, 0.717) is 16.3 Å². The highest BCUT2D eigenvalue weighted by atomic mass is 35.5. The number of nitrogens with one attached hydrogen (secondary N) is 3. The number of anilines is 2. The number of hydrogen-bond acceptors (Lipinski definition) is 5. The Morgan fingerprint density at radius 3 is 2.56 bits per heavy atom. The molecule has 0 aliphatic carbocycles. The molecule has 2 aliphatic heterocycles. The number of hydrogen-bond donors (Lipinski definition) is 4. The summed E-state index contributed by atoms with van der Waals surface area (Å²) >= 11 is 12.5. The van der Waals surface area contributed by atoms with Crippen LogP contribution in [0.15, 0.2) is 54.6 Å². The number of alkyl halides is 1. The van der Waals surface area contributed by atoms with Crippen molar-refractivity contribution < 1.29 is 27.9 Å². The second-order valence-corrected chi connectivity index (χ2v) is 12.4. The maximum atomic E-state index is 15.9. The molecule has 5 rings (SSSR count). The third-order valence-electron chi connectivity index (χ3n) is 8.27. The zero-order chi connectivity index (χ0) is 31.3. The molecule has 3 aromatic rings. The van der Waals surface area contributed by atoms with Crippen molar-refractivity contribution in [3.63, 3.8) is 0 Å². The van der Waals surface area contributed by atoms with Crippen LogP contribution in [0, 0.1) is 11.2 Å². The van der Waals surface area contributed by atoms with Crippen molar-refractivity contribution in [2.45, 2.75) is 43.7 Å². The van der Waals surface area contributed by atoms with Crippen LogP contribution in [-0.4, -0.2) is 43.6 Å². The first-order valence-corrected chi connectivity index (χ1v) is 14.3. The molecule has 226 valence electrons. The average Bonchev–Trinajstić information content (AvgIpc) is 3.44. The van der Waals surface area contributed by atoms with Crippen molar-refractivity contribution in [2.75, 3.05) is 24.4 Å². The summed E-state index contributed by atoms with van der Waals surface area (Å²) in [6, 6.07) is 11.5. The minimum Gasteiger partial charge on any atom is -0.495 e. The molecule has 0 saturated carbocycles. The Morgan fingerprint density at radius 1 is 1.14 bits per heavy atom. The molecule has 4 atom stereocenters. The second kappa shape index (κ2) is 11.4. The van der Waals surface area contributed by atoms with Gasteiger partial charge in [0.15, 0.2) is 0 Å². The van der Waals surface area contributed by atoms with Crippen LogP contribution >= 0.6 is 23.2 Å². The molecule has 0 bridgehead atoms. The van der Waals surface area contributed by atoms with Gasteiger partial charge in [-0.25, -0.2) is 4.39 Å². The normalized spacial score (nSPS) is 22.8. The van der Waals surface area contributed by atoms with Gasteiger partial charge in [0.05, 0.1) is 30.5 Å². The Bertz CT molecular complexity index is 1640. The number of halogens is 4. The second-order valence-electron chi connectivity index (χ2n) is 11.6. The van der Waals surface area contributed by atoms with Gasteiger partial charge in [-0.15, -0.1) is 0 Å². The van der Waals surface area contributed by atoms with E-state index in [2.05, 4.69) is 16.0 Å². The first kappa shape index (κ1) is 30.7. The fourth-order valence-electron chi connectivity index (χ4n) is 6.31. The van der Waals surface area contributed by atoms with Gasteiger partial charge in [0.2, 0.25) is 17.7 Å². The monoisotopic (exact) mass is 630 g/mol. The summed E-state index contributed by atoms with van der Waals surface area (Å²) in [5.74, 6) is -3.54. The topological polar surface area (TPSA) is 123 Å². The van der Waals surface area contributed by atoms with E-state index >= 15 is 4.39 Å². The van der Waals surface area contributed by atoms with Gasteiger partial charge in [-0.2, -0.15) is 0 Å². The van der Waals surface area contributed by atoms with Crippen LogP contribution < -0.4 is 26.4 Å². The molecule has 1 fully saturated rings. The number of rotatable bonds is 8. The Hall–Kier alpha value is -3.73. The molecule has 12 heteroatoms. The lowest BCUT2D eigenvalue weighted by molar-refractivity contribution is -0.122. The van der Waals surface area contributed by atoms with Gasteiger partial charge in [0.25, 0.3) is 0 Å².